The Morgan fingerprint density at radius 2 is 1.21 bits per heavy atom. The summed E-state index contributed by atoms with van der Waals surface area (Å²) in [5.74, 6) is -0.561. The summed E-state index contributed by atoms with van der Waals surface area (Å²) in [7, 11) is -1.02. The number of aliphatic carboxylic acids is 1. The molecule has 0 aliphatic carbocycles. The van der Waals surface area contributed by atoms with Gasteiger partial charge in [0.2, 0.25) is 5.29 Å². The van der Waals surface area contributed by atoms with Gasteiger partial charge in [-0.25, -0.2) is 4.79 Å². The van der Waals surface area contributed by atoms with E-state index in [0.717, 1.165) is 18.1 Å². The van der Waals surface area contributed by atoms with Crippen molar-refractivity contribution in [1.82, 2.24) is 0 Å². The predicted molar refractivity (Wildman–Crippen MR) is 142 cm³/mol. The summed E-state index contributed by atoms with van der Waals surface area (Å²) in [5.41, 5.74) is 4.76. The molecule has 168 valence electrons. The smallest absolute Gasteiger partial charge is 0.374 e. The second kappa shape index (κ2) is 9.79. The van der Waals surface area contributed by atoms with Gasteiger partial charge in [-0.15, -0.1) is 0 Å². The SMILES string of the molecule is O=C(O)C(Cc1ccccc1)=[P+]1CCC(c2ccccc2)C1(c1ccccc1)c1ccccc1. The van der Waals surface area contributed by atoms with Crippen molar-refractivity contribution < 1.29 is 9.90 Å². The Hall–Kier alpha value is -3.48. The van der Waals surface area contributed by atoms with Gasteiger partial charge in [-0.05, 0) is 17.5 Å². The van der Waals surface area contributed by atoms with Crippen LogP contribution in [0.3, 0.4) is 0 Å². The molecule has 0 aromatic heterocycles. The van der Waals surface area contributed by atoms with Crippen LogP contribution in [-0.2, 0) is 16.4 Å². The average Bonchev–Trinajstić information content (AvgIpc) is 3.30. The molecule has 0 radical (unpaired) electrons. The predicted octanol–water partition coefficient (Wildman–Crippen LogP) is 7.10. The molecule has 0 amide bonds. The summed E-state index contributed by atoms with van der Waals surface area (Å²) in [6.07, 6.45) is 2.34. The van der Waals surface area contributed by atoms with E-state index in [1.54, 1.807) is 0 Å². The molecule has 34 heavy (non-hydrogen) atoms. The Labute approximate surface area is 202 Å². The van der Waals surface area contributed by atoms with Crippen LogP contribution in [0.25, 0.3) is 0 Å². The molecule has 2 atom stereocenters. The van der Waals surface area contributed by atoms with E-state index in [-0.39, 0.29) is 5.92 Å². The molecule has 4 aromatic rings. The van der Waals surface area contributed by atoms with Crippen LogP contribution < -0.4 is 0 Å². The first-order chi connectivity index (χ1) is 16.7. The van der Waals surface area contributed by atoms with Gasteiger partial charge in [-0.3, -0.25) is 0 Å². The quantitative estimate of drug-likeness (QED) is 0.310. The Kier molecular flexibility index (Phi) is 6.43. The van der Waals surface area contributed by atoms with Gasteiger partial charge in [0.1, 0.15) is 13.7 Å². The number of hydrogen-bond donors (Lipinski definition) is 1. The van der Waals surface area contributed by atoms with E-state index in [0.29, 0.717) is 11.7 Å². The summed E-state index contributed by atoms with van der Waals surface area (Å²) < 4.78 is 0. The van der Waals surface area contributed by atoms with Gasteiger partial charge in [0.25, 0.3) is 0 Å². The van der Waals surface area contributed by atoms with Crippen LogP contribution in [0.15, 0.2) is 121 Å². The topological polar surface area (TPSA) is 37.3 Å². The van der Waals surface area contributed by atoms with E-state index in [4.69, 9.17) is 0 Å². The van der Waals surface area contributed by atoms with E-state index < -0.39 is 18.7 Å². The van der Waals surface area contributed by atoms with Crippen molar-refractivity contribution in [2.45, 2.75) is 23.9 Å². The van der Waals surface area contributed by atoms with Crippen molar-refractivity contribution >= 4 is 18.8 Å². The van der Waals surface area contributed by atoms with Crippen molar-refractivity contribution in [1.29, 1.82) is 0 Å². The normalized spacial score (nSPS) is 18.4. The number of carboxylic acids is 1. The largest absolute Gasteiger partial charge is 0.475 e. The first-order valence-corrected chi connectivity index (χ1v) is 13.3. The monoisotopic (exact) mass is 463 g/mol. The highest BCUT2D eigenvalue weighted by Crippen LogP contribution is 2.67. The van der Waals surface area contributed by atoms with Crippen molar-refractivity contribution in [2.75, 3.05) is 6.16 Å². The molecule has 0 bridgehead atoms. The molecule has 1 aliphatic rings. The lowest BCUT2D eigenvalue weighted by Gasteiger charge is -2.32. The number of rotatable bonds is 6. The lowest BCUT2D eigenvalue weighted by Crippen LogP contribution is -2.31. The first kappa shape index (κ1) is 22.3. The molecule has 0 spiro atoms. The maximum atomic E-state index is 12.9. The van der Waals surface area contributed by atoms with Crippen LogP contribution in [0.1, 0.15) is 34.6 Å². The highest BCUT2D eigenvalue weighted by Gasteiger charge is 2.60. The van der Waals surface area contributed by atoms with Crippen molar-refractivity contribution in [2.24, 2.45) is 0 Å². The molecule has 2 nitrogen and oxygen atoms in total. The number of hydrogen-bond acceptors (Lipinski definition) is 1. The van der Waals surface area contributed by atoms with Gasteiger partial charge < -0.3 is 5.11 Å². The van der Waals surface area contributed by atoms with Crippen LogP contribution in [0.2, 0.25) is 0 Å². The molecule has 1 fully saturated rings. The molecule has 4 aromatic carbocycles. The first-order valence-electron chi connectivity index (χ1n) is 11.8. The van der Waals surface area contributed by atoms with E-state index in [1.807, 2.05) is 42.5 Å². The Bertz CT molecular complexity index is 1240. The van der Waals surface area contributed by atoms with Gasteiger partial charge in [0, 0.05) is 23.5 Å². The minimum atomic E-state index is -1.02. The molecule has 3 heteroatoms. The number of carboxylic acid groups (broad SMARTS) is 1. The van der Waals surface area contributed by atoms with Crippen LogP contribution in [0.5, 0.6) is 0 Å². The average molecular weight is 464 g/mol. The maximum Gasteiger partial charge on any atom is 0.374 e. The van der Waals surface area contributed by atoms with Crippen LogP contribution in [0, 0.1) is 0 Å². The van der Waals surface area contributed by atoms with Crippen molar-refractivity contribution in [3.8, 4) is 0 Å². The summed E-state index contributed by atoms with van der Waals surface area (Å²) >= 11 is 0. The molecule has 1 heterocycles. The molecule has 1 N–H and O–H groups in total. The Morgan fingerprint density at radius 1 is 0.735 bits per heavy atom. The standard InChI is InChI=1S/C31H27O2P/c32-30(33)29(23-24-13-5-1-6-14-24)34-22-21-28(25-15-7-2-8-16-25)31(34,26-17-9-3-10-18-26)27-19-11-4-12-20-27/h1-20,28H,21-23H2/p+1. The molecule has 1 aliphatic heterocycles. The fourth-order valence-electron chi connectivity index (χ4n) is 5.61. The van der Waals surface area contributed by atoms with Crippen molar-refractivity contribution in [3.63, 3.8) is 0 Å². The Balaban J connectivity index is 1.83. The number of benzene rings is 4. The molecule has 0 saturated carbocycles. The summed E-state index contributed by atoms with van der Waals surface area (Å²) in [6.45, 7) is 0. The van der Waals surface area contributed by atoms with E-state index in [9.17, 15) is 9.90 Å². The Morgan fingerprint density at radius 3 is 1.71 bits per heavy atom. The van der Waals surface area contributed by atoms with Crippen molar-refractivity contribution in [3.05, 3.63) is 144 Å². The zero-order valence-corrected chi connectivity index (χ0v) is 19.9. The zero-order chi connectivity index (χ0) is 23.4. The van der Waals surface area contributed by atoms with E-state index in [1.165, 1.54) is 16.7 Å². The minimum Gasteiger partial charge on any atom is -0.475 e. The third-order valence-corrected chi connectivity index (χ3v) is 10.4. The van der Waals surface area contributed by atoms with Gasteiger partial charge >= 0.3 is 5.97 Å². The second-order valence-electron chi connectivity index (χ2n) is 8.82. The molecule has 5 rings (SSSR count). The maximum absolute atomic E-state index is 12.9. The van der Waals surface area contributed by atoms with E-state index >= 15 is 0 Å². The minimum absolute atomic E-state index is 0.203. The van der Waals surface area contributed by atoms with Crippen LogP contribution >= 0.6 is 7.55 Å². The van der Waals surface area contributed by atoms with E-state index in [2.05, 4.69) is 78.9 Å². The van der Waals surface area contributed by atoms with Gasteiger partial charge in [-0.2, -0.15) is 0 Å². The third-order valence-electron chi connectivity index (χ3n) is 6.99. The second-order valence-corrected chi connectivity index (χ2v) is 11.4. The summed E-state index contributed by atoms with van der Waals surface area (Å²) in [6, 6.07) is 42.0. The number of carbonyl (C=O) groups is 1. The third kappa shape index (κ3) is 4.00. The summed E-state index contributed by atoms with van der Waals surface area (Å²) in [5, 5.41) is 10.8. The highest BCUT2D eigenvalue weighted by molar-refractivity contribution is 7.62. The van der Waals surface area contributed by atoms with Gasteiger partial charge in [0.15, 0.2) is 5.16 Å². The van der Waals surface area contributed by atoms with Crippen LogP contribution in [0.4, 0.5) is 0 Å². The highest BCUT2D eigenvalue weighted by atomic mass is 31.1. The fraction of sp³-hybridized carbons (Fsp3) is 0.161. The van der Waals surface area contributed by atoms with Crippen LogP contribution in [-0.4, -0.2) is 22.5 Å². The van der Waals surface area contributed by atoms with Gasteiger partial charge in [0.05, 0.1) is 0 Å². The van der Waals surface area contributed by atoms with Gasteiger partial charge in [-0.1, -0.05) is 121 Å². The molecule has 1 saturated heterocycles. The fourth-order valence-corrected chi connectivity index (χ4v) is 9.36. The molecular weight excluding hydrogens is 435 g/mol. The summed E-state index contributed by atoms with van der Waals surface area (Å²) in [4.78, 5) is 12.9. The lowest BCUT2D eigenvalue weighted by atomic mass is 9.75. The lowest BCUT2D eigenvalue weighted by molar-refractivity contribution is -0.129. The molecular formula is C31H28O2P+. The zero-order valence-electron chi connectivity index (χ0n) is 19.0. The molecule has 2 unspecified atom stereocenters.